The van der Waals surface area contributed by atoms with Crippen LogP contribution in [0.5, 0.6) is 0 Å². The number of carboxylic acids is 1. The number of hydrogen-bond acceptors (Lipinski definition) is 4. The van der Waals surface area contributed by atoms with Crippen molar-refractivity contribution in [2.75, 3.05) is 13.1 Å². The topological polar surface area (TPSA) is 92.5 Å². The highest BCUT2D eigenvalue weighted by molar-refractivity contribution is 7.89. The van der Waals surface area contributed by atoms with Gasteiger partial charge < -0.3 is 5.11 Å². The van der Waals surface area contributed by atoms with E-state index in [0.717, 1.165) is 0 Å². The Kier molecular flexibility index (Phi) is 4.85. The van der Waals surface area contributed by atoms with E-state index in [1.807, 2.05) is 0 Å². The molecule has 0 aliphatic carbocycles. The minimum absolute atomic E-state index is 0.0908. The molecule has 0 amide bonds. The summed E-state index contributed by atoms with van der Waals surface area (Å²) in [6.45, 7) is 4.45. The Labute approximate surface area is 106 Å². The Morgan fingerprint density at radius 1 is 1.44 bits per heavy atom. The highest BCUT2D eigenvalue weighted by atomic mass is 32.2. The van der Waals surface area contributed by atoms with Crippen molar-refractivity contribution in [2.24, 2.45) is 0 Å². The number of carbonyl (C=O) groups is 1. The molecule has 0 fully saturated rings. The van der Waals surface area contributed by atoms with E-state index in [1.165, 1.54) is 21.4 Å². The molecule has 8 heteroatoms. The number of aryl methyl sites for hydroxylation is 1. The fourth-order valence-electron chi connectivity index (χ4n) is 1.52. The van der Waals surface area contributed by atoms with Gasteiger partial charge in [0.1, 0.15) is 4.90 Å². The van der Waals surface area contributed by atoms with E-state index in [9.17, 15) is 13.2 Å². The SMILES string of the molecule is CCN(CC)S(=O)(=O)c1cnn(CCC(=O)O)c1. The monoisotopic (exact) mass is 275 g/mol. The second-order valence-corrected chi connectivity index (χ2v) is 5.61. The second-order valence-electron chi connectivity index (χ2n) is 3.67. The van der Waals surface area contributed by atoms with E-state index >= 15 is 0 Å². The fourth-order valence-corrected chi connectivity index (χ4v) is 2.94. The predicted molar refractivity (Wildman–Crippen MR) is 64.6 cm³/mol. The summed E-state index contributed by atoms with van der Waals surface area (Å²) in [4.78, 5) is 10.5. The molecule has 1 N–H and O–H groups in total. The van der Waals surface area contributed by atoms with Crippen LogP contribution in [0.25, 0.3) is 0 Å². The summed E-state index contributed by atoms with van der Waals surface area (Å²) in [6.07, 6.45) is 2.51. The van der Waals surface area contributed by atoms with Gasteiger partial charge in [-0.15, -0.1) is 0 Å². The van der Waals surface area contributed by atoms with Crippen molar-refractivity contribution in [1.29, 1.82) is 0 Å². The molecule has 1 aromatic heterocycles. The average Bonchev–Trinajstić information content (AvgIpc) is 2.76. The van der Waals surface area contributed by atoms with Crippen molar-refractivity contribution in [3.63, 3.8) is 0 Å². The molecule has 0 aliphatic rings. The third kappa shape index (κ3) is 3.30. The first kappa shape index (κ1) is 14.7. The summed E-state index contributed by atoms with van der Waals surface area (Å²) in [6, 6.07) is 0. The van der Waals surface area contributed by atoms with Gasteiger partial charge in [0.25, 0.3) is 0 Å². The average molecular weight is 275 g/mol. The first-order valence-corrected chi connectivity index (χ1v) is 7.10. The zero-order valence-corrected chi connectivity index (χ0v) is 11.2. The van der Waals surface area contributed by atoms with Crippen LogP contribution < -0.4 is 0 Å². The summed E-state index contributed by atoms with van der Waals surface area (Å²) in [7, 11) is -3.52. The van der Waals surface area contributed by atoms with Crippen molar-refractivity contribution < 1.29 is 18.3 Å². The van der Waals surface area contributed by atoms with Gasteiger partial charge in [-0.05, 0) is 0 Å². The lowest BCUT2D eigenvalue weighted by Crippen LogP contribution is -2.30. The molecule has 1 heterocycles. The molecule has 0 atom stereocenters. The largest absolute Gasteiger partial charge is 0.481 e. The van der Waals surface area contributed by atoms with Crippen LogP contribution in [0.1, 0.15) is 20.3 Å². The molecule has 1 rings (SSSR count). The normalized spacial score (nSPS) is 11.9. The van der Waals surface area contributed by atoms with Gasteiger partial charge in [0.15, 0.2) is 0 Å². The van der Waals surface area contributed by atoms with E-state index < -0.39 is 16.0 Å². The molecule has 0 radical (unpaired) electrons. The summed E-state index contributed by atoms with van der Waals surface area (Å²) in [5.74, 6) is -0.946. The van der Waals surface area contributed by atoms with Crippen molar-refractivity contribution in [2.45, 2.75) is 31.7 Å². The second kappa shape index (κ2) is 5.96. The zero-order valence-electron chi connectivity index (χ0n) is 10.4. The van der Waals surface area contributed by atoms with Gasteiger partial charge in [0.05, 0.1) is 19.2 Å². The third-order valence-electron chi connectivity index (χ3n) is 2.51. The van der Waals surface area contributed by atoms with E-state index in [-0.39, 0.29) is 17.9 Å². The molecule has 0 aliphatic heterocycles. The van der Waals surface area contributed by atoms with Gasteiger partial charge in [-0.2, -0.15) is 9.40 Å². The molecule has 0 unspecified atom stereocenters. The first-order valence-electron chi connectivity index (χ1n) is 5.66. The molecule has 102 valence electrons. The summed E-state index contributed by atoms with van der Waals surface area (Å²) < 4.78 is 26.9. The van der Waals surface area contributed by atoms with Crippen molar-refractivity contribution in [3.05, 3.63) is 12.4 Å². The maximum atomic E-state index is 12.1. The summed E-state index contributed by atoms with van der Waals surface area (Å²) >= 11 is 0. The van der Waals surface area contributed by atoms with Crippen LogP contribution in [0.2, 0.25) is 0 Å². The molecule has 0 spiro atoms. The molecule has 7 nitrogen and oxygen atoms in total. The number of aliphatic carboxylic acids is 1. The highest BCUT2D eigenvalue weighted by Gasteiger charge is 2.23. The van der Waals surface area contributed by atoms with Crippen molar-refractivity contribution in [1.82, 2.24) is 14.1 Å². The Balaban J connectivity index is 2.88. The summed E-state index contributed by atoms with van der Waals surface area (Å²) in [5, 5.41) is 12.4. The van der Waals surface area contributed by atoms with Crippen LogP contribution >= 0.6 is 0 Å². The van der Waals surface area contributed by atoms with E-state index in [4.69, 9.17) is 5.11 Å². The van der Waals surface area contributed by atoms with Gasteiger partial charge in [-0.1, -0.05) is 13.8 Å². The van der Waals surface area contributed by atoms with Crippen LogP contribution in [0.15, 0.2) is 17.3 Å². The lowest BCUT2D eigenvalue weighted by atomic mass is 10.4. The zero-order chi connectivity index (χ0) is 13.8. The van der Waals surface area contributed by atoms with Gasteiger partial charge in [0.2, 0.25) is 10.0 Å². The maximum Gasteiger partial charge on any atom is 0.305 e. The van der Waals surface area contributed by atoms with Crippen LogP contribution in [0.4, 0.5) is 0 Å². The van der Waals surface area contributed by atoms with Crippen LogP contribution in [0, 0.1) is 0 Å². The predicted octanol–water partition coefficient (Wildman–Crippen LogP) is 0.388. The molecule has 1 aromatic rings. The van der Waals surface area contributed by atoms with Crippen LogP contribution in [-0.2, 0) is 21.4 Å². The van der Waals surface area contributed by atoms with Gasteiger partial charge in [-0.25, -0.2) is 8.42 Å². The number of carboxylic acid groups (broad SMARTS) is 1. The lowest BCUT2D eigenvalue weighted by Gasteiger charge is -2.16. The number of aromatic nitrogens is 2. The minimum atomic E-state index is -3.52. The standard InChI is InChI=1S/C10H17N3O4S/c1-3-13(4-2)18(16,17)9-7-11-12(8-9)6-5-10(14)15/h7-8H,3-6H2,1-2H3,(H,14,15). The molecule has 0 bridgehead atoms. The van der Waals surface area contributed by atoms with Crippen molar-refractivity contribution in [3.8, 4) is 0 Å². The Hall–Kier alpha value is -1.41. The smallest absolute Gasteiger partial charge is 0.305 e. The highest BCUT2D eigenvalue weighted by Crippen LogP contribution is 2.14. The molecular formula is C10H17N3O4S. The Morgan fingerprint density at radius 2 is 2.06 bits per heavy atom. The first-order chi connectivity index (χ1) is 8.41. The quantitative estimate of drug-likeness (QED) is 0.777. The minimum Gasteiger partial charge on any atom is -0.481 e. The lowest BCUT2D eigenvalue weighted by molar-refractivity contribution is -0.137. The number of sulfonamides is 1. The molecular weight excluding hydrogens is 258 g/mol. The Bertz CT molecular complexity index is 505. The molecule has 0 aromatic carbocycles. The fraction of sp³-hybridized carbons (Fsp3) is 0.600. The molecule has 0 saturated carbocycles. The van der Waals surface area contributed by atoms with Gasteiger partial charge in [-0.3, -0.25) is 9.48 Å². The van der Waals surface area contributed by atoms with E-state index in [2.05, 4.69) is 5.10 Å². The van der Waals surface area contributed by atoms with Gasteiger partial charge in [0, 0.05) is 19.3 Å². The third-order valence-corrected chi connectivity index (χ3v) is 4.51. The number of rotatable bonds is 7. The van der Waals surface area contributed by atoms with Crippen molar-refractivity contribution >= 4 is 16.0 Å². The van der Waals surface area contributed by atoms with Crippen LogP contribution in [-0.4, -0.2) is 46.7 Å². The van der Waals surface area contributed by atoms with Gasteiger partial charge >= 0.3 is 5.97 Å². The van der Waals surface area contributed by atoms with E-state index in [1.54, 1.807) is 13.8 Å². The van der Waals surface area contributed by atoms with Crippen LogP contribution in [0.3, 0.4) is 0 Å². The summed E-state index contributed by atoms with van der Waals surface area (Å²) in [5.41, 5.74) is 0. The Morgan fingerprint density at radius 3 is 2.56 bits per heavy atom. The maximum absolute atomic E-state index is 12.1. The van der Waals surface area contributed by atoms with E-state index in [0.29, 0.717) is 13.1 Å². The number of hydrogen-bond donors (Lipinski definition) is 1. The molecule has 18 heavy (non-hydrogen) atoms. The molecule has 0 saturated heterocycles. The number of nitrogens with zero attached hydrogens (tertiary/aromatic N) is 3.